The van der Waals surface area contributed by atoms with Crippen molar-refractivity contribution in [2.45, 2.75) is 71.1 Å². The number of hydrogen-bond acceptors (Lipinski definition) is 7. The largest absolute Gasteiger partial charge is 0.431 e. The zero-order valence-electron chi connectivity index (χ0n) is 27.0. The minimum atomic E-state index is -4.65. The summed E-state index contributed by atoms with van der Waals surface area (Å²) in [5, 5.41) is 2.89. The third-order valence-electron chi connectivity index (χ3n) is 9.68. The number of morpholine rings is 1. The van der Waals surface area contributed by atoms with E-state index in [1.165, 1.54) is 0 Å². The third kappa shape index (κ3) is 7.03. The van der Waals surface area contributed by atoms with Crippen LogP contribution < -0.4 is 20.7 Å². The lowest BCUT2D eigenvalue weighted by Crippen LogP contribution is -2.40. The third-order valence-corrected chi connectivity index (χ3v) is 9.68. The van der Waals surface area contributed by atoms with Crippen molar-refractivity contribution in [2.75, 3.05) is 55.9 Å². The number of fused-ring (bicyclic) bond motifs is 1. The Labute approximate surface area is 272 Å². The van der Waals surface area contributed by atoms with E-state index in [4.69, 9.17) is 14.5 Å². The van der Waals surface area contributed by atoms with Crippen molar-refractivity contribution in [3.8, 4) is 11.1 Å². The first-order valence-corrected chi connectivity index (χ1v) is 16.6. The molecule has 2 aromatic heterocycles. The molecule has 3 aromatic rings. The van der Waals surface area contributed by atoms with Crippen LogP contribution in [0.3, 0.4) is 0 Å². The Bertz CT molecular complexity index is 1640. The van der Waals surface area contributed by atoms with E-state index in [0.29, 0.717) is 56.8 Å². The lowest BCUT2D eigenvalue weighted by Gasteiger charge is -2.37. The number of aromatic amines is 1. The Kier molecular flexibility index (Phi) is 9.88. The standard InChI is InChI=1S/C35H42F3N5O4/c1-3-43(25-10-14-46-15-11-25)30-19-24(23-8-9-31(39-20-23)42-12-16-47-17-13-42)18-28(22(30)2)33(44)40-21-29-26-6-4-5-7-27(26)32(35(36,37)38)41-34(29)45/h8-9,18-20,25H,3-7,10-17,21H2,1-2H3,(H,40,44)(H,41,45). The molecule has 2 saturated heterocycles. The Morgan fingerprint density at radius 2 is 1.74 bits per heavy atom. The highest BCUT2D eigenvalue weighted by Gasteiger charge is 2.37. The van der Waals surface area contributed by atoms with Gasteiger partial charge in [0.2, 0.25) is 0 Å². The van der Waals surface area contributed by atoms with Gasteiger partial charge in [0.05, 0.1) is 13.2 Å². The molecule has 1 aromatic carbocycles. The van der Waals surface area contributed by atoms with Crippen LogP contribution in [0.1, 0.15) is 70.9 Å². The summed E-state index contributed by atoms with van der Waals surface area (Å²) >= 11 is 0. The van der Waals surface area contributed by atoms with E-state index in [0.717, 1.165) is 60.7 Å². The van der Waals surface area contributed by atoms with Gasteiger partial charge in [-0.2, -0.15) is 13.2 Å². The number of anilines is 2. The van der Waals surface area contributed by atoms with Crippen LogP contribution in [0.4, 0.5) is 24.7 Å². The number of ether oxygens (including phenoxy) is 2. The summed E-state index contributed by atoms with van der Waals surface area (Å²) < 4.78 is 52.4. The van der Waals surface area contributed by atoms with E-state index < -0.39 is 23.3 Å². The summed E-state index contributed by atoms with van der Waals surface area (Å²) in [6.07, 6.45) is 0.830. The molecule has 6 rings (SSSR count). The minimum absolute atomic E-state index is 0.135. The molecule has 0 saturated carbocycles. The lowest BCUT2D eigenvalue weighted by atomic mass is 9.87. The monoisotopic (exact) mass is 653 g/mol. The van der Waals surface area contributed by atoms with Crippen molar-refractivity contribution in [1.82, 2.24) is 15.3 Å². The molecule has 0 radical (unpaired) electrons. The van der Waals surface area contributed by atoms with Crippen LogP contribution in [0.25, 0.3) is 11.1 Å². The molecule has 2 fully saturated rings. The number of nitrogens with zero attached hydrogens (tertiary/aromatic N) is 3. The maximum absolute atomic E-state index is 14.0. The van der Waals surface area contributed by atoms with Crippen LogP contribution in [0.5, 0.6) is 0 Å². The number of pyridine rings is 2. The average Bonchev–Trinajstić information content (AvgIpc) is 3.09. The molecule has 0 spiro atoms. The van der Waals surface area contributed by atoms with E-state index in [1.54, 1.807) is 0 Å². The number of H-pyrrole nitrogens is 1. The Morgan fingerprint density at radius 3 is 2.40 bits per heavy atom. The summed E-state index contributed by atoms with van der Waals surface area (Å²) in [7, 11) is 0. The average molecular weight is 654 g/mol. The summed E-state index contributed by atoms with van der Waals surface area (Å²) in [5.41, 5.74) is 2.80. The second kappa shape index (κ2) is 14.1. The van der Waals surface area contributed by atoms with Gasteiger partial charge in [-0.15, -0.1) is 0 Å². The van der Waals surface area contributed by atoms with Crippen molar-refractivity contribution < 1.29 is 27.4 Å². The van der Waals surface area contributed by atoms with Gasteiger partial charge in [-0.3, -0.25) is 9.59 Å². The molecule has 9 nitrogen and oxygen atoms in total. The van der Waals surface area contributed by atoms with Crippen LogP contribution in [-0.2, 0) is 35.0 Å². The maximum Gasteiger partial charge on any atom is 0.431 e. The van der Waals surface area contributed by atoms with Gasteiger partial charge in [-0.25, -0.2) is 4.98 Å². The molecular weight excluding hydrogens is 611 g/mol. The van der Waals surface area contributed by atoms with Gasteiger partial charge in [0.25, 0.3) is 11.5 Å². The maximum atomic E-state index is 14.0. The molecule has 2 N–H and O–H groups in total. The molecule has 1 amide bonds. The lowest BCUT2D eigenvalue weighted by molar-refractivity contribution is -0.142. The molecule has 0 atom stereocenters. The Hall–Kier alpha value is -3.90. The number of rotatable bonds is 8. The Morgan fingerprint density at radius 1 is 1.04 bits per heavy atom. The van der Waals surface area contributed by atoms with Crippen LogP contribution in [0.15, 0.2) is 35.3 Å². The topological polar surface area (TPSA) is 99.8 Å². The fraction of sp³-hybridized carbons (Fsp3) is 0.514. The summed E-state index contributed by atoms with van der Waals surface area (Å²) in [6.45, 7) is 8.78. The van der Waals surface area contributed by atoms with Gasteiger partial charge in [-0.1, -0.05) is 0 Å². The Balaban J connectivity index is 1.34. The number of benzene rings is 1. The molecule has 12 heteroatoms. The molecular formula is C35H42F3N5O4. The number of amides is 1. The summed E-state index contributed by atoms with van der Waals surface area (Å²) in [4.78, 5) is 38.2. The first-order valence-electron chi connectivity index (χ1n) is 16.6. The molecule has 1 aliphatic carbocycles. The zero-order valence-corrected chi connectivity index (χ0v) is 27.0. The highest BCUT2D eigenvalue weighted by Crippen LogP contribution is 2.36. The van der Waals surface area contributed by atoms with Gasteiger partial charge in [-0.05, 0) is 98.9 Å². The number of carbonyl (C=O) groups is 1. The summed E-state index contributed by atoms with van der Waals surface area (Å²) in [6, 6.07) is 8.18. The quantitative estimate of drug-likeness (QED) is 0.335. The van der Waals surface area contributed by atoms with Crippen molar-refractivity contribution in [3.63, 3.8) is 0 Å². The molecule has 47 heavy (non-hydrogen) atoms. The van der Waals surface area contributed by atoms with Crippen molar-refractivity contribution in [1.29, 1.82) is 0 Å². The van der Waals surface area contributed by atoms with Crippen LogP contribution in [0.2, 0.25) is 0 Å². The highest BCUT2D eigenvalue weighted by atomic mass is 19.4. The molecule has 252 valence electrons. The predicted molar refractivity (Wildman–Crippen MR) is 174 cm³/mol. The first kappa shape index (κ1) is 33.0. The van der Waals surface area contributed by atoms with Gasteiger partial charge in [0.1, 0.15) is 11.5 Å². The fourth-order valence-electron chi connectivity index (χ4n) is 7.17. The van der Waals surface area contributed by atoms with E-state index >= 15 is 0 Å². The molecule has 4 heterocycles. The van der Waals surface area contributed by atoms with Crippen molar-refractivity contribution in [2.24, 2.45) is 0 Å². The number of halogens is 3. The number of carbonyl (C=O) groups excluding carboxylic acids is 1. The number of nitrogens with one attached hydrogen (secondary N) is 2. The van der Waals surface area contributed by atoms with Crippen molar-refractivity contribution >= 4 is 17.4 Å². The number of alkyl halides is 3. The minimum Gasteiger partial charge on any atom is -0.381 e. The van der Waals surface area contributed by atoms with E-state index in [2.05, 4.69) is 33.1 Å². The van der Waals surface area contributed by atoms with E-state index in [-0.39, 0.29) is 30.1 Å². The van der Waals surface area contributed by atoms with Gasteiger partial charge >= 0.3 is 6.18 Å². The highest BCUT2D eigenvalue weighted by molar-refractivity contribution is 5.99. The SMILES string of the molecule is CCN(c1cc(-c2ccc(N3CCOCC3)nc2)cc(C(=O)NCc2c3c(c(C(F)(F)F)[nH]c2=O)CCCC3)c1C)C1CCOCC1. The molecule has 3 aliphatic rings. The second-order valence-corrected chi connectivity index (χ2v) is 12.5. The second-order valence-electron chi connectivity index (χ2n) is 12.5. The smallest absolute Gasteiger partial charge is 0.381 e. The van der Waals surface area contributed by atoms with Crippen LogP contribution >= 0.6 is 0 Å². The van der Waals surface area contributed by atoms with Crippen molar-refractivity contribution in [3.05, 3.63) is 74.3 Å². The van der Waals surface area contributed by atoms with E-state index in [9.17, 15) is 22.8 Å². The number of hydrogen-bond donors (Lipinski definition) is 2. The predicted octanol–water partition coefficient (Wildman–Crippen LogP) is 5.41. The normalized spacial score (nSPS) is 17.3. The van der Waals surface area contributed by atoms with E-state index in [1.807, 2.05) is 31.3 Å². The fourth-order valence-corrected chi connectivity index (χ4v) is 7.17. The molecule has 0 unspecified atom stereocenters. The summed E-state index contributed by atoms with van der Waals surface area (Å²) in [5.74, 6) is 0.472. The number of aromatic nitrogens is 2. The first-order chi connectivity index (χ1) is 22.7. The van der Waals surface area contributed by atoms with Gasteiger partial charge in [0, 0.05) is 74.0 Å². The van der Waals surface area contributed by atoms with Gasteiger partial charge < -0.3 is 29.6 Å². The van der Waals surface area contributed by atoms with Crippen LogP contribution in [0, 0.1) is 6.92 Å². The molecule has 0 bridgehead atoms. The molecule has 2 aliphatic heterocycles. The zero-order chi connectivity index (χ0) is 33.1. The van der Waals surface area contributed by atoms with Crippen LogP contribution in [-0.4, -0.2) is 68.0 Å². The van der Waals surface area contributed by atoms with Gasteiger partial charge in [0.15, 0.2) is 0 Å².